The summed E-state index contributed by atoms with van der Waals surface area (Å²) in [5.41, 5.74) is 8.71. The van der Waals surface area contributed by atoms with Crippen molar-refractivity contribution in [1.82, 2.24) is 15.0 Å². The highest BCUT2D eigenvalue weighted by Gasteiger charge is 2.29. The standard InChI is InChI=1S/C23H20F3N5O3.CH3I/c24-23(25,26)13-33-19-4-3-17(10-18(19)11-27)22-29-21(30-34-22)16-2-1-14-5-7-31(20(32)12-28)8-6-15(14)9-16;1-2/h1-4,9-10H,5-8,12-13,28H2;1H3. The molecule has 2 aromatic carbocycles. The number of aromatic nitrogens is 2. The van der Waals surface area contributed by atoms with E-state index in [-0.39, 0.29) is 29.7 Å². The van der Waals surface area contributed by atoms with Gasteiger partial charge in [-0.15, -0.1) is 0 Å². The van der Waals surface area contributed by atoms with Crippen molar-refractivity contribution in [3.05, 3.63) is 53.1 Å². The highest BCUT2D eigenvalue weighted by Crippen LogP contribution is 2.29. The molecule has 0 unspecified atom stereocenters. The maximum absolute atomic E-state index is 12.4. The fraction of sp³-hybridized carbons (Fsp3) is 0.333. The van der Waals surface area contributed by atoms with Crippen LogP contribution in [-0.2, 0) is 17.6 Å². The van der Waals surface area contributed by atoms with E-state index in [4.69, 9.17) is 15.0 Å². The van der Waals surface area contributed by atoms with Gasteiger partial charge < -0.3 is 19.9 Å². The predicted octanol–water partition coefficient (Wildman–Crippen LogP) is 4.15. The van der Waals surface area contributed by atoms with Gasteiger partial charge in [0, 0.05) is 24.2 Å². The molecular weight excluding hydrogens is 590 g/mol. The minimum absolute atomic E-state index is 0.0177. The molecule has 36 heavy (non-hydrogen) atoms. The lowest BCUT2D eigenvalue weighted by atomic mass is 10.00. The van der Waals surface area contributed by atoms with Gasteiger partial charge in [-0.25, -0.2) is 0 Å². The summed E-state index contributed by atoms with van der Waals surface area (Å²) in [7, 11) is 0. The fourth-order valence-electron chi connectivity index (χ4n) is 3.74. The van der Waals surface area contributed by atoms with Gasteiger partial charge in [0.15, 0.2) is 6.61 Å². The molecule has 0 saturated carbocycles. The van der Waals surface area contributed by atoms with E-state index in [1.165, 1.54) is 18.2 Å². The summed E-state index contributed by atoms with van der Waals surface area (Å²) in [5.74, 6) is 0.176. The predicted molar refractivity (Wildman–Crippen MR) is 134 cm³/mol. The molecule has 0 aliphatic carbocycles. The molecule has 1 amide bonds. The molecular formula is C24H23F3IN5O3. The molecule has 1 aliphatic rings. The Morgan fingerprint density at radius 2 is 1.86 bits per heavy atom. The van der Waals surface area contributed by atoms with Crippen LogP contribution in [0.2, 0.25) is 0 Å². The molecule has 0 radical (unpaired) electrons. The van der Waals surface area contributed by atoms with Gasteiger partial charge in [0.05, 0.1) is 12.1 Å². The molecule has 3 aromatic rings. The number of halogens is 4. The van der Waals surface area contributed by atoms with Crippen molar-refractivity contribution in [3.63, 3.8) is 0 Å². The van der Waals surface area contributed by atoms with Crippen LogP contribution in [0, 0.1) is 11.3 Å². The highest BCUT2D eigenvalue weighted by molar-refractivity contribution is 14.1. The van der Waals surface area contributed by atoms with Crippen molar-refractivity contribution in [2.75, 3.05) is 31.2 Å². The quantitative estimate of drug-likeness (QED) is 0.339. The number of fused-ring (bicyclic) bond motifs is 1. The summed E-state index contributed by atoms with van der Waals surface area (Å²) < 4.78 is 47.3. The molecule has 0 saturated heterocycles. The van der Waals surface area contributed by atoms with Crippen LogP contribution in [0.5, 0.6) is 5.75 Å². The molecule has 0 spiro atoms. The van der Waals surface area contributed by atoms with Crippen molar-refractivity contribution in [1.29, 1.82) is 5.26 Å². The monoisotopic (exact) mass is 613 g/mol. The topological polar surface area (TPSA) is 118 Å². The number of benzene rings is 2. The van der Waals surface area contributed by atoms with Crippen LogP contribution >= 0.6 is 22.6 Å². The molecule has 1 aromatic heterocycles. The number of alkyl halides is 4. The number of nitrogens with zero attached hydrogens (tertiary/aromatic N) is 4. The van der Waals surface area contributed by atoms with Gasteiger partial charge in [-0.05, 0) is 53.2 Å². The van der Waals surface area contributed by atoms with Gasteiger partial charge >= 0.3 is 6.18 Å². The Hall–Kier alpha value is -3.18. The van der Waals surface area contributed by atoms with Gasteiger partial charge in [0.25, 0.3) is 5.89 Å². The second kappa shape index (κ2) is 12.2. The molecule has 2 N–H and O–H groups in total. The lowest BCUT2D eigenvalue weighted by molar-refractivity contribution is -0.153. The summed E-state index contributed by atoms with van der Waals surface area (Å²) in [5, 5.41) is 13.3. The minimum Gasteiger partial charge on any atom is -0.483 e. The molecule has 0 atom stereocenters. The first-order valence-electron chi connectivity index (χ1n) is 10.8. The molecule has 1 aliphatic heterocycles. The number of ether oxygens (including phenoxy) is 1. The van der Waals surface area contributed by atoms with Crippen molar-refractivity contribution >= 4 is 28.5 Å². The van der Waals surface area contributed by atoms with Gasteiger partial charge in [-0.1, -0.05) is 39.9 Å². The first-order valence-corrected chi connectivity index (χ1v) is 13.0. The van der Waals surface area contributed by atoms with Crippen LogP contribution in [0.4, 0.5) is 13.2 Å². The summed E-state index contributed by atoms with van der Waals surface area (Å²) in [6.07, 6.45) is -3.12. The number of hydrogen-bond donors (Lipinski definition) is 1. The van der Waals surface area contributed by atoms with Crippen molar-refractivity contribution in [3.8, 4) is 34.7 Å². The van der Waals surface area contributed by atoms with Gasteiger partial charge in [-0.2, -0.15) is 23.4 Å². The van der Waals surface area contributed by atoms with Crippen molar-refractivity contribution < 1.29 is 27.2 Å². The number of nitriles is 1. The molecule has 190 valence electrons. The number of carbonyl (C=O) groups excluding carboxylic acids is 1. The van der Waals surface area contributed by atoms with E-state index < -0.39 is 12.8 Å². The smallest absolute Gasteiger partial charge is 0.422 e. The molecule has 0 bridgehead atoms. The normalized spacial score (nSPS) is 13.1. The van der Waals surface area contributed by atoms with E-state index in [0.717, 1.165) is 23.1 Å². The zero-order valence-corrected chi connectivity index (χ0v) is 21.5. The second-order valence-corrected chi connectivity index (χ2v) is 7.72. The average Bonchev–Trinajstić information content (AvgIpc) is 3.28. The Bertz CT molecular complexity index is 1260. The second-order valence-electron chi connectivity index (χ2n) is 7.72. The fourth-order valence-corrected chi connectivity index (χ4v) is 3.74. The van der Waals surface area contributed by atoms with Gasteiger partial charge in [0.2, 0.25) is 11.7 Å². The Kier molecular flexibility index (Phi) is 9.27. The van der Waals surface area contributed by atoms with Crippen LogP contribution in [0.25, 0.3) is 22.8 Å². The third-order valence-electron chi connectivity index (χ3n) is 5.46. The van der Waals surface area contributed by atoms with Crippen molar-refractivity contribution in [2.45, 2.75) is 19.0 Å². The number of rotatable bonds is 5. The molecule has 2 heterocycles. The van der Waals surface area contributed by atoms with E-state index in [0.29, 0.717) is 30.9 Å². The average molecular weight is 613 g/mol. The van der Waals surface area contributed by atoms with Gasteiger partial charge in [-0.3, -0.25) is 4.79 Å². The van der Waals surface area contributed by atoms with E-state index in [1.54, 1.807) is 4.90 Å². The Balaban J connectivity index is 0.00000176. The number of nitrogens with two attached hydrogens (primary N) is 1. The number of amides is 1. The first kappa shape index (κ1) is 27.4. The Labute approximate surface area is 219 Å². The van der Waals surface area contributed by atoms with Crippen LogP contribution in [0.15, 0.2) is 40.9 Å². The maximum Gasteiger partial charge on any atom is 0.422 e. The van der Waals surface area contributed by atoms with E-state index in [2.05, 4.69) is 32.7 Å². The van der Waals surface area contributed by atoms with Crippen LogP contribution in [0.1, 0.15) is 16.7 Å². The highest BCUT2D eigenvalue weighted by atomic mass is 127. The zero-order chi connectivity index (χ0) is 26.3. The summed E-state index contributed by atoms with van der Waals surface area (Å²) in [4.78, 5) is 20.0. The van der Waals surface area contributed by atoms with E-state index >= 15 is 0 Å². The zero-order valence-electron chi connectivity index (χ0n) is 19.3. The van der Waals surface area contributed by atoms with Crippen LogP contribution in [-0.4, -0.2) is 58.3 Å². The largest absolute Gasteiger partial charge is 0.483 e. The Morgan fingerprint density at radius 3 is 2.53 bits per heavy atom. The van der Waals surface area contributed by atoms with Crippen molar-refractivity contribution in [2.24, 2.45) is 5.73 Å². The van der Waals surface area contributed by atoms with E-state index in [9.17, 15) is 23.2 Å². The summed E-state index contributed by atoms with van der Waals surface area (Å²) in [6.45, 7) is -0.333. The van der Waals surface area contributed by atoms with Crippen LogP contribution < -0.4 is 10.5 Å². The molecule has 0 fully saturated rings. The first-order chi connectivity index (χ1) is 17.3. The minimum atomic E-state index is -4.51. The summed E-state index contributed by atoms with van der Waals surface area (Å²) >= 11 is 2.15. The number of carbonyl (C=O) groups is 1. The third-order valence-corrected chi connectivity index (χ3v) is 5.46. The SMILES string of the molecule is CI.N#Cc1cc(-c2nc(-c3ccc4c(c3)CCN(C(=O)CN)CC4)no2)ccc1OCC(F)(F)F. The lowest BCUT2D eigenvalue weighted by Crippen LogP contribution is -2.37. The Morgan fingerprint density at radius 1 is 1.17 bits per heavy atom. The molecule has 12 heteroatoms. The third kappa shape index (κ3) is 6.73. The summed E-state index contributed by atoms with van der Waals surface area (Å²) in [6, 6.07) is 11.7. The lowest BCUT2D eigenvalue weighted by Gasteiger charge is -2.18. The van der Waals surface area contributed by atoms with Gasteiger partial charge in [0.1, 0.15) is 11.8 Å². The van der Waals surface area contributed by atoms with Crippen LogP contribution in [0.3, 0.4) is 0 Å². The molecule has 4 rings (SSSR count). The number of hydrogen-bond acceptors (Lipinski definition) is 7. The maximum atomic E-state index is 12.4. The molecule has 8 nitrogen and oxygen atoms in total. The van der Waals surface area contributed by atoms with E-state index in [1.807, 2.05) is 29.2 Å².